The lowest BCUT2D eigenvalue weighted by Crippen LogP contribution is -2.27. The van der Waals surface area contributed by atoms with Crippen molar-refractivity contribution in [2.24, 2.45) is 0 Å². The van der Waals surface area contributed by atoms with Gasteiger partial charge in [0, 0.05) is 16.2 Å². The summed E-state index contributed by atoms with van der Waals surface area (Å²) in [6, 6.07) is 1.85. The van der Waals surface area contributed by atoms with Crippen LogP contribution in [0.5, 0.6) is 0 Å². The average molecular weight is 241 g/mol. The Labute approximate surface area is 84.7 Å². The zero-order valence-corrected chi connectivity index (χ0v) is 8.97. The number of anilines is 1. The van der Waals surface area contributed by atoms with E-state index in [1.165, 1.54) is 0 Å². The summed E-state index contributed by atoms with van der Waals surface area (Å²) in [6.07, 6.45) is 1.67. The molecule has 4 heteroatoms. The van der Waals surface area contributed by atoms with Crippen molar-refractivity contribution < 1.29 is 4.79 Å². The van der Waals surface area contributed by atoms with Crippen molar-refractivity contribution in [2.45, 2.75) is 19.3 Å². The molecule has 1 aliphatic heterocycles. The van der Waals surface area contributed by atoms with Crippen LogP contribution in [0.15, 0.2) is 16.7 Å². The van der Waals surface area contributed by atoms with Crippen LogP contribution < -0.4 is 5.32 Å². The van der Waals surface area contributed by atoms with Gasteiger partial charge in [-0.2, -0.15) is 0 Å². The molecule has 1 N–H and O–H groups in total. The molecule has 2 rings (SSSR count). The number of amides is 1. The molecule has 0 atom stereocenters. The number of carbonyl (C=O) groups is 1. The Hall–Kier alpha value is -0.900. The predicted molar refractivity (Wildman–Crippen MR) is 53.6 cm³/mol. The third kappa shape index (κ3) is 1.09. The van der Waals surface area contributed by atoms with Crippen LogP contribution in [0.2, 0.25) is 0 Å². The van der Waals surface area contributed by atoms with Crippen LogP contribution >= 0.6 is 15.9 Å². The molecule has 0 aromatic carbocycles. The third-order valence-corrected chi connectivity index (χ3v) is 2.99. The quantitative estimate of drug-likeness (QED) is 0.755. The van der Waals surface area contributed by atoms with Crippen LogP contribution in [0.1, 0.15) is 19.4 Å². The molecule has 1 aromatic rings. The second-order valence-electron chi connectivity index (χ2n) is 3.60. The van der Waals surface area contributed by atoms with E-state index in [1.54, 1.807) is 6.20 Å². The van der Waals surface area contributed by atoms with Gasteiger partial charge in [0.1, 0.15) is 5.82 Å². The summed E-state index contributed by atoms with van der Waals surface area (Å²) < 4.78 is 0.931. The molecule has 0 unspecified atom stereocenters. The van der Waals surface area contributed by atoms with E-state index < -0.39 is 5.41 Å². The van der Waals surface area contributed by atoms with Crippen molar-refractivity contribution in [3.05, 3.63) is 22.3 Å². The zero-order chi connectivity index (χ0) is 9.64. The number of hydrogen-bond acceptors (Lipinski definition) is 2. The lowest BCUT2D eigenvalue weighted by atomic mass is 9.87. The molecular formula is C9H9BrN2O. The van der Waals surface area contributed by atoms with E-state index in [9.17, 15) is 4.79 Å². The van der Waals surface area contributed by atoms with Crippen LogP contribution in [-0.4, -0.2) is 10.9 Å². The molecule has 2 heterocycles. The van der Waals surface area contributed by atoms with Crippen molar-refractivity contribution in [3.63, 3.8) is 0 Å². The fraction of sp³-hybridized carbons (Fsp3) is 0.333. The largest absolute Gasteiger partial charge is 0.310 e. The Morgan fingerprint density at radius 2 is 2.23 bits per heavy atom. The summed E-state index contributed by atoms with van der Waals surface area (Å²) in [6.45, 7) is 3.78. The number of carbonyl (C=O) groups excluding carboxylic acids is 1. The first-order chi connectivity index (χ1) is 6.03. The molecule has 1 aromatic heterocycles. The minimum Gasteiger partial charge on any atom is -0.310 e. The first-order valence-corrected chi connectivity index (χ1v) is 4.79. The smallest absolute Gasteiger partial charge is 0.235 e. The third-order valence-electron chi connectivity index (χ3n) is 2.32. The first-order valence-electron chi connectivity index (χ1n) is 4.00. The summed E-state index contributed by atoms with van der Waals surface area (Å²) in [4.78, 5) is 15.6. The molecule has 68 valence electrons. The van der Waals surface area contributed by atoms with Crippen molar-refractivity contribution in [1.82, 2.24) is 4.98 Å². The highest BCUT2D eigenvalue weighted by Crippen LogP contribution is 2.40. The van der Waals surface area contributed by atoms with Crippen molar-refractivity contribution in [1.29, 1.82) is 0 Å². The maximum Gasteiger partial charge on any atom is 0.235 e. The maximum atomic E-state index is 11.5. The van der Waals surface area contributed by atoms with Crippen LogP contribution in [-0.2, 0) is 10.2 Å². The Bertz CT molecular complexity index is 387. The zero-order valence-electron chi connectivity index (χ0n) is 7.39. The standard InChI is InChI=1S/C9H9BrN2O/c1-9(2)6-5(10)3-4-11-7(6)12-8(9)13/h3-4H,1-2H3,(H,11,12,13). The van der Waals surface area contributed by atoms with Gasteiger partial charge in [-0.15, -0.1) is 0 Å². The van der Waals surface area contributed by atoms with Crippen LogP contribution in [0.25, 0.3) is 0 Å². The second kappa shape index (κ2) is 2.54. The lowest BCUT2D eigenvalue weighted by Gasteiger charge is -2.15. The normalized spacial score (nSPS) is 18.2. The maximum absolute atomic E-state index is 11.5. The number of halogens is 1. The Kier molecular flexibility index (Phi) is 1.70. The molecule has 1 amide bonds. The van der Waals surface area contributed by atoms with Crippen molar-refractivity contribution >= 4 is 27.7 Å². The molecule has 0 radical (unpaired) electrons. The van der Waals surface area contributed by atoms with E-state index in [0.717, 1.165) is 10.0 Å². The number of nitrogens with one attached hydrogen (secondary N) is 1. The van der Waals surface area contributed by atoms with Gasteiger partial charge in [-0.25, -0.2) is 4.98 Å². The monoisotopic (exact) mass is 240 g/mol. The molecule has 0 spiro atoms. The highest BCUT2D eigenvalue weighted by atomic mass is 79.9. The Balaban J connectivity index is 2.70. The number of aromatic nitrogens is 1. The molecule has 1 aliphatic rings. The molecule has 0 fully saturated rings. The predicted octanol–water partition coefficient (Wildman–Crippen LogP) is 2.07. The van der Waals surface area contributed by atoms with Gasteiger partial charge in [-0.1, -0.05) is 15.9 Å². The van der Waals surface area contributed by atoms with Gasteiger partial charge in [0.25, 0.3) is 0 Å². The van der Waals surface area contributed by atoms with Gasteiger partial charge in [0.15, 0.2) is 0 Å². The van der Waals surface area contributed by atoms with E-state index in [4.69, 9.17) is 0 Å². The van der Waals surface area contributed by atoms with Crippen molar-refractivity contribution in [3.8, 4) is 0 Å². The molecule has 0 aliphatic carbocycles. The first kappa shape index (κ1) is 8.69. The molecule has 0 saturated heterocycles. The molecular weight excluding hydrogens is 232 g/mol. The minimum absolute atomic E-state index is 0.00176. The second-order valence-corrected chi connectivity index (χ2v) is 4.45. The number of pyridine rings is 1. The number of nitrogens with zero attached hydrogens (tertiary/aromatic N) is 1. The van der Waals surface area contributed by atoms with Crippen LogP contribution in [0.4, 0.5) is 5.82 Å². The Morgan fingerprint density at radius 1 is 1.54 bits per heavy atom. The Morgan fingerprint density at radius 3 is 2.85 bits per heavy atom. The van der Waals surface area contributed by atoms with E-state index in [2.05, 4.69) is 26.2 Å². The van der Waals surface area contributed by atoms with E-state index >= 15 is 0 Å². The topological polar surface area (TPSA) is 42.0 Å². The average Bonchev–Trinajstić information content (AvgIpc) is 2.24. The van der Waals surface area contributed by atoms with Gasteiger partial charge in [0.05, 0.1) is 5.41 Å². The molecule has 0 saturated carbocycles. The summed E-state index contributed by atoms with van der Waals surface area (Å²) in [5.74, 6) is 0.672. The van der Waals surface area contributed by atoms with Crippen LogP contribution in [0, 0.1) is 0 Å². The van der Waals surface area contributed by atoms with Gasteiger partial charge in [-0.05, 0) is 19.9 Å². The number of hydrogen-bond donors (Lipinski definition) is 1. The molecule has 13 heavy (non-hydrogen) atoms. The van der Waals surface area contributed by atoms with Gasteiger partial charge in [0.2, 0.25) is 5.91 Å². The SMILES string of the molecule is CC1(C)C(=O)Nc2nccc(Br)c21. The van der Waals surface area contributed by atoms with Gasteiger partial charge in [-0.3, -0.25) is 4.79 Å². The van der Waals surface area contributed by atoms with E-state index in [0.29, 0.717) is 5.82 Å². The fourth-order valence-corrected chi connectivity index (χ4v) is 2.31. The summed E-state index contributed by atoms with van der Waals surface area (Å²) >= 11 is 3.42. The highest BCUT2D eigenvalue weighted by molar-refractivity contribution is 9.10. The summed E-state index contributed by atoms with van der Waals surface area (Å²) in [5, 5.41) is 2.75. The van der Waals surface area contributed by atoms with E-state index in [-0.39, 0.29) is 5.91 Å². The van der Waals surface area contributed by atoms with Crippen LogP contribution in [0.3, 0.4) is 0 Å². The van der Waals surface area contributed by atoms with E-state index in [1.807, 2.05) is 19.9 Å². The molecule has 3 nitrogen and oxygen atoms in total. The lowest BCUT2D eigenvalue weighted by molar-refractivity contribution is -0.119. The van der Waals surface area contributed by atoms with Gasteiger partial charge >= 0.3 is 0 Å². The number of rotatable bonds is 0. The summed E-state index contributed by atoms with van der Waals surface area (Å²) in [5.41, 5.74) is 0.461. The van der Waals surface area contributed by atoms with Crippen molar-refractivity contribution in [2.75, 3.05) is 5.32 Å². The highest BCUT2D eigenvalue weighted by Gasteiger charge is 2.40. The molecule has 0 bridgehead atoms. The number of fused-ring (bicyclic) bond motifs is 1. The summed E-state index contributed by atoms with van der Waals surface area (Å²) in [7, 11) is 0. The minimum atomic E-state index is -0.484. The fourth-order valence-electron chi connectivity index (χ4n) is 1.50. The van der Waals surface area contributed by atoms with Gasteiger partial charge < -0.3 is 5.32 Å².